The summed E-state index contributed by atoms with van der Waals surface area (Å²) in [7, 11) is 0. The van der Waals surface area contributed by atoms with Crippen LogP contribution in [-0.2, 0) is 14.3 Å². The maximum atomic E-state index is 12.8. The first-order chi connectivity index (χ1) is 15.1. The third-order valence-electron chi connectivity index (χ3n) is 5.95. The summed E-state index contributed by atoms with van der Waals surface area (Å²) in [5.41, 5.74) is 3.79. The third kappa shape index (κ3) is 5.10. The van der Waals surface area contributed by atoms with Crippen LogP contribution < -0.4 is 0 Å². The number of carbonyl (C=O) groups is 3. The van der Waals surface area contributed by atoms with E-state index < -0.39 is 35.9 Å². The summed E-state index contributed by atoms with van der Waals surface area (Å²) in [5.74, 6) is -3.01. The molecule has 2 aromatic rings. The van der Waals surface area contributed by atoms with Crippen LogP contribution in [0.2, 0.25) is 0 Å². The van der Waals surface area contributed by atoms with E-state index in [-0.39, 0.29) is 25.5 Å². The molecule has 1 amide bonds. The molecular weight excluding hydrogens is 410 g/mol. The van der Waals surface area contributed by atoms with Gasteiger partial charge in [0, 0.05) is 12.5 Å². The number of ether oxygens (including phenoxy) is 1. The van der Waals surface area contributed by atoms with E-state index in [1.54, 1.807) is 20.8 Å². The zero-order valence-electron chi connectivity index (χ0n) is 18.6. The van der Waals surface area contributed by atoms with Gasteiger partial charge in [-0.3, -0.25) is 14.5 Å². The zero-order chi connectivity index (χ0) is 23.5. The summed E-state index contributed by atoms with van der Waals surface area (Å²) < 4.78 is 5.56. The number of hydrogen-bond donors (Lipinski definition) is 2. The maximum Gasteiger partial charge on any atom is 0.410 e. The molecule has 0 bridgehead atoms. The van der Waals surface area contributed by atoms with Gasteiger partial charge >= 0.3 is 18.0 Å². The molecule has 1 atom stereocenters. The Hall–Kier alpha value is -3.35. The van der Waals surface area contributed by atoms with E-state index in [1.165, 1.54) is 0 Å². The second-order valence-corrected chi connectivity index (χ2v) is 9.16. The number of aliphatic carboxylic acids is 2. The standard InChI is InChI=1S/C25H29NO6/c1-25(2,3)21(23(29)30)12-13-26(14-22(27)28)24(31)32-15-20-18-10-6-4-8-16(18)17-9-5-7-11-19(17)20/h4-11,20-21H,12-15H2,1-3H3,(H,27,28)(H,29,30). The zero-order valence-corrected chi connectivity index (χ0v) is 18.6. The van der Waals surface area contributed by atoms with E-state index in [0.29, 0.717) is 0 Å². The van der Waals surface area contributed by atoms with Gasteiger partial charge in [-0.1, -0.05) is 69.3 Å². The Morgan fingerprint density at radius 3 is 1.97 bits per heavy atom. The Labute approximate surface area is 187 Å². The van der Waals surface area contributed by atoms with E-state index in [9.17, 15) is 24.6 Å². The molecule has 32 heavy (non-hydrogen) atoms. The van der Waals surface area contributed by atoms with Crippen molar-refractivity contribution in [3.63, 3.8) is 0 Å². The van der Waals surface area contributed by atoms with E-state index in [4.69, 9.17) is 4.74 Å². The molecule has 170 valence electrons. The van der Waals surface area contributed by atoms with Crippen molar-refractivity contribution >= 4 is 18.0 Å². The molecule has 7 nitrogen and oxygen atoms in total. The van der Waals surface area contributed by atoms with Crippen molar-refractivity contribution in [1.82, 2.24) is 4.90 Å². The Morgan fingerprint density at radius 1 is 0.969 bits per heavy atom. The third-order valence-corrected chi connectivity index (χ3v) is 5.95. The van der Waals surface area contributed by atoms with E-state index >= 15 is 0 Å². The molecular formula is C25H29NO6. The van der Waals surface area contributed by atoms with Gasteiger partial charge in [-0.05, 0) is 34.1 Å². The molecule has 3 rings (SSSR count). The average Bonchev–Trinajstić information content (AvgIpc) is 3.03. The van der Waals surface area contributed by atoms with Gasteiger partial charge < -0.3 is 14.9 Å². The van der Waals surface area contributed by atoms with Crippen molar-refractivity contribution in [2.75, 3.05) is 19.7 Å². The van der Waals surface area contributed by atoms with Crippen LogP contribution in [0.4, 0.5) is 4.79 Å². The first-order valence-electron chi connectivity index (χ1n) is 10.6. The molecule has 0 heterocycles. The number of nitrogens with zero attached hydrogens (tertiary/aromatic N) is 1. The van der Waals surface area contributed by atoms with Crippen LogP contribution in [-0.4, -0.2) is 52.8 Å². The van der Waals surface area contributed by atoms with Crippen LogP contribution in [0.1, 0.15) is 44.2 Å². The number of carboxylic acids is 2. The highest BCUT2D eigenvalue weighted by atomic mass is 16.6. The number of fused-ring (bicyclic) bond motifs is 3. The van der Waals surface area contributed by atoms with Crippen molar-refractivity contribution < 1.29 is 29.3 Å². The lowest BCUT2D eigenvalue weighted by Crippen LogP contribution is -2.40. The summed E-state index contributed by atoms with van der Waals surface area (Å²) in [6.45, 7) is 4.93. The normalized spacial score (nSPS) is 13.7. The summed E-state index contributed by atoms with van der Waals surface area (Å²) >= 11 is 0. The molecule has 1 aliphatic rings. The fourth-order valence-corrected chi connectivity index (χ4v) is 4.30. The minimum Gasteiger partial charge on any atom is -0.481 e. The summed E-state index contributed by atoms with van der Waals surface area (Å²) in [5, 5.41) is 18.8. The van der Waals surface area contributed by atoms with Crippen LogP contribution in [0.5, 0.6) is 0 Å². The highest BCUT2D eigenvalue weighted by molar-refractivity contribution is 5.80. The predicted molar refractivity (Wildman–Crippen MR) is 119 cm³/mol. The molecule has 1 unspecified atom stereocenters. The SMILES string of the molecule is CC(C)(C)C(CCN(CC(=O)O)C(=O)OCC1c2ccccc2-c2ccccc21)C(=O)O. The molecule has 1 aliphatic carbocycles. The van der Waals surface area contributed by atoms with Gasteiger partial charge in [-0.25, -0.2) is 4.79 Å². The highest BCUT2D eigenvalue weighted by Gasteiger charge is 2.33. The number of rotatable bonds is 8. The Morgan fingerprint density at radius 2 is 1.50 bits per heavy atom. The van der Waals surface area contributed by atoms with Gasteiger partial charge in [0.25, 0.3) is 0 Å². The van der Waals surface area contributed by atoms with E-state index in [0.717, 1.165) is 27.2 Å². The first kappa shape index (κ1) is 23.3. The van der Waals surface area contributed by atoms with Crippen LogP contribution in [0.15, 0.2) is 48.5 Å². The van der Waals surface area contributed by atoms with Crippen LogP contribution in [0.3, 0.4) is 0 Å². The highest BCUT2D eigenvalue weighted by Crippen LogP contribution is 2.44. The monoisotopic (exact) mass is 439 g/mol. The van der Waals surface area contributed by atoms with Crippen molar-refractivity contribution in [1.29, 1.82) is 0 Å². The second kappa shape index (κ2) is 9.42. The molecule has 7 heteroatoms. The summed E-state index contributed by atoms with van der Waals surface area (Å²) in [4.78, 5) is 36.8. The predicted octanol–water partition coefficient (Wildman–Crippen LogP) is 4.46. The topological polar surface area (TPSA) is 104 Å². The minimum atomic E-state index is -1.18. The van der Waals surface area contributed by atoms with Crippen molar-refractivity contribution in [2.45, 2.75) is 33.1 Å². The quantitative estimate of drug-likeness (QED) is 0.629. The van der Waals surface area contributed by atoms with Crippen molar-refractivity contribution in [2.24, 2.45) is 11.3 Å². The summed E-state index contributed by atoms with van der Waals surface area (Å²) in [6.07, 6.45) is -0.622. The van der Waals surface area contributed by atoms with Crippen molar-refractivity contribution in [3.05, 3.63) is 59.7 Å². The number of benzene rings is 2. The second-order valence-electron chi connectivity index (χ2n) is 9.16. The summed E-state index contributed by atoms with van der Waals surface area (Å²) in [6, 6.07) is 15.9. The maximum absolute atomic E-state index is 12.8. The van der Waals surface area contributed by atoms with Gasteiger partial charge in [0.2, 0.25) is 0 Å². The van der Waals surface area contributed by atoms with Crippen molar-refractivity contribution in [3.8, 4) is 11.1 Å². The van der Waals surface area contributed by atoms with Crippen LogP contribution >= 0.6 is 0 Å². The molecule has 0 aromatic heterocycles. The van der Waals surface area contributed by atoms with Crippen LogP contribution in [0, 0.1) is 11.3 Å². The van der Waals surface area contributed by atoms with Gasteiger partial charge in [0.15, 0.2) is 0 Å². The molecule has 0 radical (unpaired) electrons. The molecule has 0 aliphatic heterocycles. The average molecular weight is 440 g/mol. The molecule has 2 N–H and O–H groups in total. The lowest BCUT2D eigenvalue weighted by Gasteiger charge is -2.29. The number of amides is 1. The van der Waals surface area contributed by atoms with E-state index in [2.05, 4.69) is 0 Å². The minimum absolute atomic E-state index is 0.0167. The molecule has 0 fully saturated rings. The fourth-order valence-electron chi connectivity index (χ4n) is 4.30. The molecule has 0 spiro atoms. The smallest absolute Gasteiger partial charge is 0.410 e. The van der Waals surface area contributed by atoms with Gasteiger partial charge in [-0.2, -0.15) is 0 Å². The number of hydrogen-bond acceptors (Lipinski definition) is 4. The molecule has 2 aromatic carbocycles. The first-order valence-corrected chi connectivity index (χ1v) is 10.6. The lowest BCUT2D eigenvalue weighted by molar-refractivity contribution is -0.146. The van der Waals surface area contributed by atoms with Gasteiger partial charge in [0.1, 0.15) is 13.2 Å². The number of carbonyl (C=O) groups excluding carboxylic acids is 1. The Kier molecular flexibility index (Phi) is 6.87. The largest absolute Gasteiger partial charge is 0.481 e. The Balaban J connectivity index is 1.72. The van der Waals surface area contributed by atoms with E-state index in [1.807, 2.05) is 48.5 Å². The lowest BCUT2D eigenvalue weighted by atomic mass is 9.79. The Bertz CT molecular complexity index is 964. The number of carboxylic acid groups (broad SMARTS) is 2. The molecule has 0 saturated heterocycles. The van der Waals surface area contributed by atoms with Gasteiger partial charge in [-0.15, -0.1) is 0 Å². The van der Waals surface area contributed by atoms with Gasteiger partial charge in [0.05, 0.1) is 5.92 Å². The fraction of sp³-hybridized carbons (Fsp3) is 0.400. The molecule has 0 saturated carbocycles. The van der Waals surface area contributed by atoms with Crippen LogP contribution in [0.25, 0.3) is 11.1 Å².